The average molecular weight is 223 g/mol. The van der Waals surface area contributed by atoms with Gasteiger partial charge in [-0.1, -0.05) is 0 Å². The van der Waals surface area contributed by atoms with Gasteiger partial charge in [-0.15, -0.1) is 0 Å². The fraction of sp³-hybridized carbons (Fsp3) is 0.714. The van der Waals surface area contributed by atoms with Crippen LogP contribution in [0, 0.1) is 0 Å². The van der Waals surface area contributed by atoms with Crippen molar-refractivity contribution in [3.8, 4) is 0 Å². The van der Waals surface area contributed by atoms with Crippen molar-refractivity contribution in [3.63, 3.8) is 0 Å². The summed E-state index contributed by atoms with van der Waals surface area (Å²) in [5.74, 6) is -2.91. The van der Waals surface area contributed by atoms with E-state index >= 15 is 0 Å². The molecule has 0 fully saturated rings. The van der Waals surface area contributed by atoms with Gasteiger partial charge in [-0.25, -0.2) is 8.42 Å². The lowest BCUT2D eigenvalue weighted by molar-refractivity contribution is -0.136. The standard InChI is InChI=1S/C7H13NO5S/c1-3-8-6(9)4-14(12,13)5(2)7(10)11/h5H,3-4H2,1-2H3,(H,8,9)(H,10,11). The molecule has 2 N–H and O–H groups in total. The molecule has 1 atom stereocenters. The Morgan fingerprint density at radius 1 is 1.43 bits per heavy atom. The Morgan fingerprint density at radius 3 is 2.29 bits per heavy atom. The van der Waals surface area contributed by atoms with Crippen LogP contribution in [0.2, 0.25) is 0 Å². The number of carbonyl (C=O) groups is 2. The minimum atomic E-state index is -3.89. The van der Waals surface area contributed by atoms with Gasteiger partial charge in [-0.2, -0.15) is 0 Å². The predicted octanol–water partition coefficient (Wildman–Crippen LogP) is -0.990. The Bertz CT molecular complexity index is 321. The van der Waals surface area contributed by atoms with Crippen LogP contribution in [0.3, 0.4) is 0 Å². The van der Waals surface area contributed by atoms with E-state index in [-0.39, 0.29) is 0 Å². The van der Waals surface area contributed by atoms with Gasteiger partial charge in [0.15, 0.2) is 15.1 Å². The largest absolute Gasteiger partial charge is 0.480 e. The molecule has 0 bridgehead atoms. The minimum Gasteiger partial charge on any atom is -0.480 e. The van der Waals surface area contributed by atoms with Crippen LogP contribution in [0.1, 0.15) is 13.8 Å². The molecular weight excluding hydrogens is 210 g/mol. The summed E-state index contributed by atoms with van der Waals surface area (Å²) in [7, 11) is -3.89. The summed E-state index contributed by atoms with van der Waals surface area (Å²) in [6, 6.07) is 0. The molecule has 0 radical (unpaired) electrons. The maximum absolute atomic E-state index is 11.2. The maximum atomic E-state index is 11.2. The van der Waals surface area contributed by atoms with Crippen molar-refractivity contribution in [1.29, 1.82) is 0 Å². The Labute approximate surface area is 82.2 Å². The third kappa shape index (κ3) is 3.73. The summed E-state index contributed by atoms with van der Waals surface area (Å²) in [5.41, 5.74) is 0. The first-order valence-corrected chi connectivity index (χ1v) is 5.74. The number of nitrogens with one attached hydrogen (secondary N) is 1. The molecule has 0 saturated carbocycles. The van der Waals surface area contributed by atoms with Crippen molar-refractivity contribution in [2.24, 2.45) is 0 Å². The molecule has 0 aliphatic rings. The summed E-state index contributed by atoms with van der Waals surface area (Å²) in [5, 5.41) is 9.18. The van der Waals surface area contributed by atoms with Crippen molar-refractivity contribution in [3.05, 3.63) is 0 Å². The topological polar surface area (TPSA) is 101 Å². The van der Waals surface area contributed by atoms with E-state index in [1.165, 1.54) is 0 Å². The highest BCUT2D eigenvalue weighted by atomic mass is 32.2. The van der Waals surface area contributed by atoms with Gasteiger partial charge in [0.2, 0.25) is 5.91 Å². The molecule has 0 aromatic rings. The minimum absolute atomic E-state index is 0.315. The van der Waals surface area contributed by atoms with E-state index in [0.717, 1.165) is 6.92 Å². The van der Waals surface area contributed by atoms with Crippen LogP contribution in [0.5, 0.6) is 0 Å². The van der Waals surface area contributed by atoms with Gasteiger partial charge < -0.3 is 10.4 Å². The van der Waals surface area contributed by atoms with E-state index in [0.29, 0.717) is 6.54 Å². The van der Waals surface area contributed by atoms with Gasteiger partial charge in [0.05, 0.1) is 0 Å². The van der Waals surface area contributed by atoms with Crippen molar-refractivity contribution in [1.82, 2.24) is 5.32 Å². The molecule has 0 saturated heterocycles. The molecule has 6 nitrogen and oxygen atoms in total. The second kappa shape index (κ2) is 4.94. The number of aliphatic carboxylic acids is 1. The van der Waals surface area contributed by atoms with Crippen LogP contribution in [0.25, 0.3) is 0 Å². The van der Waals surface area contributed by atoms with Crippen molar-refractivity contribution in [2.45, 2.75) is 19.1 Å². The van der Waals surface area contributed by atoms with E-state index in [1.54, 1.807) is 6.92 Å². The lowest BCUT2D eigenvalue weighted by Crippen LogP contribution is -2.36. The second-order valence-corrected chi connectivity index (χ2v) is 5.06. The quantitative estimate of drug-likeness (QED) is 0.623. The summed E-state index contributed by atoms with van der Waals surface area (Å²) in [4.78, 5) is 21.3. The SMILES string of the molecule is CCNC(=O)CS(=O)(=O)C(C)C(=O)O. The highest BCUT2D eigenvalue weighted by Gasteiger charge is 2.29. The van der Waals surface area contributed by atoms with E-state index in [2.05, 4.69) is 5.32 Å². The van der Waals surface area contributed by atoms with Crippen LogP contribution in [0.4, 0.5) is 0 Å². The van der Waals surface area contributed by atoms with Gasteiger partial charge in [0.25, 0.3) is 0 Å². The number of carbonyl (C=O) groups excluding carboxylic acids is 1. The first-order valence-electron chi connectivity index (χ1n) is 4.02. The van der Waals surface area contributed by atoms with E-state index in [4.69, 9.17) is 5.11 Å². The van der Waals surface area contributed by atoms with E-state index in [9.17, 15) is 18.0 Å². The van der Waals surface area contributed by atoms with Crippen LogP contribution < -0.4 is 5.32 Å². The average Bonchev–Trinajstić information content (AvgIpc) is 2.02. The molecule has 1 amide bonds. The van der Waals surface area contributed by atoms with Crippen LogP contribution in [0.15, 0.2) is 0 Å². The highest BCUT2D eigenvalue weighted by molar-refractivity contribution is 7.93. The zero-order chi connectivity index (χ0) is 11.4. The van der Waals surface area contributed by atoms with Crippen molar-refractivity contribution < 1.29 is 23.1 Å². The maximum Gasteiger partial charge on any atom is 0.321 e. The number of hydrogen-bond donors (Lipinski definition) is 2. The summed E-state index contributed by atoms with van der Waals surface area (Å²) in [6.07, 6.45) is 0. The molecule has 14 heavy (non-hydrogen) atoms. The molecule has 0 heterocycles. The normalized spacial score (nSPS) is 13.3. The van der Waals surface area contributed by atoms with Crippen LogP contribution in [-0.4, -0.2) is 42.9 Å². The number of carboxylic acid groups (broad SMARTS) is 1. The first-order chi connectivity index (χ1) is 6.31. The zero-order valence-electron chi connectivity index (χ0n) is 7.98. The number of sulfone groups is 1. The summed E-state index contributed by atoms with van der Waals surface area (Å²) in [6.45, 7) is 3.00. The Morgan fingerprint density at radius 2 is 1.93 bits per heavy atom. The van der Waals surface area contributed by atoms with Gasteiger partial charge in [-0.3, -0.25) is 9.59 Å². The predicted molar refractivity (Wildman–Crippen MR) is 49.6 cm³/mol. The van der Waals surface area contributed by atoms with Crippen molar-refractivity contribution in [2.75, 3.05) is 12.3 Å². The monoisotopic (exact) mass is 223 g/mol. The van der Waals surface area contributed by atoms with Gasteiger partial charge in [0, 0.05) is 6.54 Å². The Hall–Kier alpha value is -1.11. The lowest BCUT2D eigenvalue weighted by atomic mass is 10.5. The summed E-state index contributed by atoms with van der Waals surface area (Å²) >= 11 is 0. The lowest BCUT2D eigenvalue weighted by Gasteiger charge is -2.07. The fourth-order valence-electron chi connectivity index (χ4n) is 0.710. The number of rotatable bonds is 5. The first kappa shape index (κ1) is 12.9. The van der Waals surface area contributed by atoms with E-state index < -0.39 is 32.7 Å². The Kier molecular flexibility index (Phi) is 4.55. The highest BCUT2D eigenvalue weighted by Crippen LogP contribution is 2.01. The molecule has 82 valence electrons. The number of hydrogen-bond acceptors (Lipinski definition) is 4. The molecular formula is C7H13NO5S. The fourth-order valence-corrected chi connectivity index (χ4v) is 1.73. The third-order valence-electron chi connectivity index (χ3n) is 1.59. The molecule has 0 aromatic heterocycles. The van der Waals surface area contributed by atoms with Crippen LogP contribution >= 0.6 is 0 Å². The van der Waals surface area contributed by atoms with E-state index in [1.807, 2.05) is 0 Å². The molecule has 0 aromatic carbocycles. The number of carboxylic acids is 1. The third-order valence-corrected chi connectivity index (χ3v) is 3.54. The molecule has 1 unspecified atom stereocenters. The summed E-state index contributed by atoms with van der Waals surface area (Å²) < 4.78 is 22.4. The van der Waals surface area contributed by atoms with Gasteiger partial charge in [-0.05, 0) is 13.8 Å². The second-order valence-electron chi connectivity index (χ2n) is 2.74. The smallest absolute Gasteiger partial charge is 0.321 e. The Balaban J connectivity index is 4.50. The molecule has 0 rings (SSSR count). The van der Waals surface area contributed by atoms with Crippen LogP contribution in [-0.2, 0) is 19.4 Å². The molecule has 0 aliphatic carbocycles. The molecule has 0 aliphatic heterocycles. The molecule has 7 heteroatoms. The number of amides is 1. The van der Waals surface area contributed by atoms with Crippen molar-refractivity contribution >= 4 is 21.7 Å². The zero-order valence-corrected chi connectivity index (χ0v) is 8.80. The molecule has 0 spiro atoms. The van der Waals surface area contributed by atoms with Gasteiger partial charge in [0.1, 0.15) is 5.75 Å². The van der Waals surface area contributed by atoms with Gasteiger partial charge >= 0.3 is 5.97 Å².